The highest BCUT2D eigenvalue weighted by Gasteiger charge is 2.34. The van der Waals surface area contributed by atoms with Gasteiger partial charge in [0.05, 0.1) is 22.1 Å². The first-order chi connectivity index (χ1) is 17.9. The maximum Gasteiger partial charge on any atom is 0.287 e. The summed E-state index contributed by atoms with van der Waals surface area (Å²) in [6.07, 6.45) is 2.89. The number of anilines is 1. The first kappa shape index (κ1) is 24.4. The molecular formula is C27H19N3O5S2. The van der Waals surface area contributed by atoms with Crippen molar-refractivity contribution in [2.45, 2.75) is 6.92 Å². The van der Waals surface area contributed by atoms with E-state index >= 15 is 0 Å². The fourth-order valence-corrected chi connectivity index (χ4v) is 5.14. The van der Waals surface area contributed by atoms with Gasteiger partial charge in [-0.2, -0.15) is 0 Å². The number of carbonyl (C=O) groups is 1. The SMILES string of the molecule is CCOc1cc(/C=C2/SC(=S)N(c3cccc4ccccc34)C2=O)ccc1Oc1ccc([N+](=O)[O-])cn1. The molecule has 3 aromatic carbocycles. The number of nitro groups is 1. The zero-order valence-corrected chi connectivity index (χ0v) is 21.1. The van der Waals surface area contributed by atoms with Gasteiger partial charge in [0.25, 0.3) is 11.6 Å². The molecule has 1 aliphatic heterocycles. The van der Waals surface area contributed by atoms with E-state index in [9.17, 15) is 14.9 Å². The van der Waals surface area contributed by atoms with Crippen LogP contribution in [-0.4, -0.2) is 26.7 Å². The molecule has 0 N–H and O–H groups in total. The fourth-order valence-electron chi connectivity index (χ4n) is 3.85. The number of hydrogen-bond acceptors (Lipinski definition) is 8. The number of benzene rings is 3. The number of rotatable bonds is 7. The molecule has 1 aromatic heterocycles. The topological polar surface area (TPSA) is 94.8 Å². The summed E-state index contributed by atoms with van der Waals surface area (Å²) in [6.45, 7) is 2.23. The van der Waals surface area contributed by atoms with Gasteiger partial charge in [0.15, 0.2) is 15.8 Å². The molecule has 0 bridgehead atoms. The van der Waals surface area contributed by atoms with E-state index in [1.165, 1.54) is 23.9 Å². The van der Waals surface area contributed by atoms with Crippen molar-refractivity contribution in [3.8, 4) is 17.4 Å². The summed E-state index contributed by atoms with van der Waals surface area (Å²) in [5, 5.41) is 12.8. The smallest absolute Gasteiger partial charge is 0.287 e. The fraction of sp³-hybridized carbons (Fsp3) is 0.0741. The molecule has 1 aliphatic rings. The molecule has 1 amide bonds. The van der Waals surface area contributed by atoms with Gasteiger partial charge in [-0.3, -0.25) is 19.8 Å². The van der Waals surface area contributed by atoms with Crippen LogP contribution in [0.3, 0.4) is 0 Å². The van der Waals surface area contributed by atoms with E-state index in [-0.39, 0.29) is 17.5 Å². The van der Waals surface area contributed by atoms with Crippen LogP contribution in [-0.2, 0) is 4.79 Å². The summed E-state index contributed by atoms with van der Waals surface area (Å²) in [7, 11) is 0. The Balaban J connectivity index is 1.42. The monoisotopic (exact) mass is 529 g/mol. The van der Waals surface area contributed by atoms with Crippen LogP contribution >= 0.6 is 24.0 Å². The number of fused-ring (bicyclic) bond motifs is 1. The molecule has 0 aliphatic carbocycles. The lowest BCUT2D eigenvalue weighted by atomic mass is 10.1. The van der Waals surface area contributed by atoms with Gasteiger partial charge in [0.2, 0.25) is 5.88 Å². The predicted molar refractivity (Wildman–Crippen MR) is 148 cm³/mol. The molecule has 8 nitrogen and oxygen atoms in total. The zero-order valence-electron chi connectivity index (χ0n) is 19.5. The molecule has 0 saturated carbocycles. The van der Waals surface area contributed by atoms with Crippen LogP contribution in [0.2, 0.25) is 0 Å². The van der Waals surface area contributed by atoms with Crippen molar-refractivity contribution in [2.75, 3.05) is 11.5 Å². The number of thiocarbonyl (C=S) groups is 1. The van der Waals surface area contributed by atoms with Gasteiger partial charge < -0.3 is 9.47 Å². The normalized spacial score (nSPS) is 14.4. The van der Waals surface area contributed by atoms with Gasteiger partial charge in [0.1, 0.15) is 6.20 Å². The van der Waals surface area contributed by atoms with E-state index in [2.05, 4.69) is 4.98 Å². The number of thioether (sulfide) groups is 1. The van der Waals surface area contributed by atoms with E-state index in [0.29, 0.717) is 27.3 Å². The number of pyridine rings is 1. The molecule has 1 fully saturated rings. The Labute approximate surface area is 221 Å². The Bertz CT molecular complexity index is 1570. The first-order valence-corrected chi connectivity index (χ1v) is 12.5. The second-order valence-corrected chi connectivity index (χ2v) is 9.54. The van der Waals surface area contributed by atoms with E-state index in [4.69, 9.17) is 21.7 Å². The van der Waals surface area contributed by atoms with Crippen LogP contribution in [0.4, 0.5) is 11.4 Å². The number of amides is 1. The average Bonchev–Trinajstić information content (AvgIpc) is 3.17. The third kappa shape index (κ3) is 5.02. The Kier molecular flexibility index (Phi) is 6.85. The minimum Gasteiger partial charge on any atom is -0.490 e. The van der Waals surface area contributed by atoms with Crippen molar-refractivity contribution >= 4 is 62.4 Å². The van der Waals surface area contributed by atoms with E-state index in [1.807, 2.05) is 49.4 Å². The molecule has 1 saturated heterocycles. The third-order valence-corrected chi connectivity index (χ3v) is 6.81. The lowest BCUT2D eigenvalue weighted by Gasteiger charge is -2.17. The summed E-state index contributed by atoms with van der Waals surface area (Å²) in [6, 6.07) is 21.6. The van der Waals surface area contributed by atoms with Crippen molar-refractivity contribution in [2.24, 2.45) is 0 Å². The summed E-state index contributed by atoms with van der Waals surface area (Å²) in [4.78, 5) is 29.8. The second-order valence-electron chi connectivity index (χ2n) is 7.87. The van der Waals surface area contributed by atoms with Crippen LogP contribution in [0.1, 0.15) is 12.5 Å². The minimum atomic E-state index is -0.528. The predicted octanol–water partition coefficient (Wildman–Crippen LogP) is 6.74. The molecule has 10 heteroatoms. The van der Waals surface area contributed by atoms with Crippen molar-refractivity contribution in [1.29, 1.82) is 0 Å². The molecule has 0 atom stereocenters. The van der Waals surface area contributed by atoms with Gasteiger partial charge >= 0.3 is 0 Å². The Morgan fingerprint density at radius 2 is 1.89 bits per heavy atom. The molecule has 0 unspecified atom stereocenters. The van der Waals surface area contributed by atoms with E-state index in [0.717, 1.165) is 28.2 Å². The van der Waals surface area contributed by atoms with Gasteiger partial charge in [-0.15, -0.1) is 0 Å². The van der Waals surface area contributed by atoms with Gasteiger partial charge in [0, 0.05) is 17.5 Å². The first-order valence-electron chi connectivity index (χ1n) is 11.3. The molecular weight excluding hydrogens is 510 g/mol. The van der Waals surface area contributed by atoms with Crippen LogP contribution < -0.4 is 14.4 Å². The molecule has 5 rings (SSSR count). The minimum absolute atomic E-state index is 0.131. The van der Waals surface area contributed by atoms with Gasteiger partial charge in [-0.25, -0.2) is 4.98 Å². The van der Waals surface area contributed by atoms with Crippen molar-refractivity contribution < 1.29 is 19.2 Å². The number of nitrogens with zero attached hydrogens (tertiary/aromatic N) is 3. The summed E-state index contributed by atoms with van der Waals surface area (Å²) < 4.78 is 12.0. The van der Waals surface area contributed by atoms with Gasteiger partial charge in [-0.1, -0.05) is 66.4 Å². The van der Waals surface area contributed by atoms with E-state index in [1.54, 1.807) is 29.2 Å². The summed E-state index contributed by atoms with van der Waals surface area (Å²) >= 11 is 6.82. The van der Waals surface area contributed by atoms with Crippen molar-refractivity contribution in [3.63, 3.8) is 0 Å². The zero-order chi connectivity index (χ0) is 25.9. The lowest BCUT2D eigenvalue weighted by molar-refractivity contribution is -0.385. The number of ether oxygens (including phenoxy) is 2. The maximum atomic E-state index is 13.4. The average molecular weight is 530 g/mol. The Morgan fingerprint density at radius 1 is 1.08 bits per heavy atom. The van der Waals surface area contributed by atoms with Crippen molar-refractivity contribution in [3.05, 3.63) is 99.6 Å². The highest BCUT2D eigenvalue weighted by Crippen LogP contribution is 2.40. The van der Waals surface area contributed by atoms with E-state index < -0.39 is 4.92 Å². The van der Waals surface area contributed by atoms with Crippen LogP contribution in [0.15, 0.2) is 83.9 Å². The quantitative estimate of drug-likeness (QED) is 0.112. The van der Waals surface area contributed by atoms with Crippen LogP contribution in [0.5, 0.6) is 17.4 Å². The summed E-state index contributed by atoms with van der Waals surface area (Å²) in [5.41, 5.74) is 1.35. The molecule has 37 heavy (non-hydrogen) atoms. The van der Waals surface area contributed by atoms with Crippen LogP contribution in [0.25, 0.3) is 16.8 Å². The largest absolute Gasteiger partial charge is 0.490 e. The Morgan fingerprint density at radius 3 is 2.65 bits per heavy atom. The molecule has 0 radical (unpaired) electrons. The standard InChI is InChI=1S/C27H19N3O5S2/c1-2-34-23-14-17(10-12-22(23)35-25-13-11-19(16-28-25)30(32)33)15-24-26(31)29(27(36)37-24)21-9-5-7-18-6-3-4-8-20(18)21/h3-16H,2H2,1H3/b24-15+. The second kappa shape index (κ2) is 10.4. The summed E-state index contributed by atoms with van der Waals surface area (Å²) in [5.74, 6) is 0.833. The third-order valence-electron chi connectivity index (χ3n) is 5.51. The van der Waals surface area contributed by atoms with Crippen molar-refractivity contribution in [1.82, 2.24) is 4.98 Å². The Hall–Kier alpha value is -4.28. The molecule has 4 aromatic rings. The van der Waals surface area contributed by atoms with Crippen LogP contribution in [0, 0.1) is 10.1 Å². The number of aromatic nitrogens is 1. The lowest BCUT2D eigenvalue weighted by Crippen LogP contribution is -2.27. The number of carbonyl (C=O) groups excluding carboxylic acids is 1. The highest BCUT2D eigenvalue weighted by molar-refractivity contribution is 8.27. The van der Waals surface area contributed by atoms with Gasteiger partial charge in [-0.05, 0) is 42.1 Å². The maximum absolute atomic E-state index is 13.4. The number of hydrogen-bond donors (Lipinski definition) is 0. The molecule has 2 heterocycles. The highest BCUT2D eigenvalue weighted by atomic mass is 32.2. The molecule has 0 spiro atoms. The molecule has 184 valence electrons.